The number of carboxylic acid groups (broad SMARTS) is 1. The van der Waals surface area contributed by atoms with E-state index < -0.39 is 29.9 Å². The highest BCUT2D eigenvalue weighted by Crippen LogP contribution is 2.30. The Morgan fingerprint density at radius 3 is 2.13 bits per heavy atom. The van der Waals surface area contributed by atoms with Crippen LogP contribution in [0.2, 0.25) is 0 Å². The number of anilines is 1. The number of carbonyl (C=O) groups is 5. The van der Waals surface area contributed by atoms with Crippen molar-refractivity contribution in [1.82, 2.24) is 31.0 Å². The number of aromatic amines is 2. The predicted octanol–water partition coefficient (Wildman–Crippen LogP) is 6.53. The molecular weight excluding hydrogens is 824 g/mol. The van der Waals surface area contributed by atoms with Crippen LogP contribution in [0.1, 0.15) is 81.8 Å². The Labute approximate surface area is 363 Å². The van der Waals surface area contributed by atoms with Crippen molar-refractivity contribution in [1.29, 1.82) is 0 Å². The molecule has 7 N–H and O–H groups in total. The number of nitrogens with zero attached hydrogens (tertiary/aromatic N) is 1. The smallest absolute Gasteiger partial charge is 0.475 e. The summed E-state index contributed by atoms with van der Waals surface area (Å²) < 4.78 is 37.1. The second-order valence-corrected chi connectivity index (χ2v) is 16.5. The van der Waals surface area contributed by atoms with Gasteiger partial charge < -0.3 is 36.0 Å². The number of hydrogen-bond acceptors (Lipinski definition) is 8. The molecule has 63 heavy (non-hydrogen) atoms. The molecule has 1 atom stereocenters. The van der Waals surface area contributed by atoms with Crippen LogP contribution >= 0.6 is 0 Å². The minimum absolute atomic E-state index is 0.0990. The van der Waals surface area contributed by atoms with E-state index >= 15 is 0 Å². The highest BCUT2D eigenvalue weighted by Gasteiger charge is 2.38. The predicted molar refractivity (Wildman–Crippen MR) is 233 cm³/mol. The lowest BCUT2D eigenvalue weighted by molar-refractivity contribution is -0.192. The number of aryl methyl sites for hydroxylation is 1. The Morgan fingerprint density at radius 2 is 1.54 bits per heavy atom. The van der Waals surface area contributed by atoms with Gasteiger partial charge in [-0.15, -0.1) is 0 Å². The molecule has 4 aromatic rings. The summed E-state index contributed by atoms with van der Waals surface area (Å²) in [4.78, 5) is 75.7. The van der Waals surface area contributed by atoms with E-state index in [1.165, 1.54) is 0 Å². The van der Waals surface area contributed by atoms with Gasteiger partial charge in [-0.25, -0.2) is 9.59 Å². The number of alkyl carbamates (subject to hydrolysis) is 1. The number of benzene rings is 3. The number of fused-ring (bicyclic) bond motifs is 1. The fourth-order valence-electron chi connectivity index (χ4n) is 7.17. The summed E-state index contributed by atoms with van der Waals surface area (Å²) in [6.07, 6.45) is -2.46. The molecule has 18 heteroatoms. The van der Waals surface area contributed by atoms with Gasteiger partial charge in [0.2, 0.25) is 11.8 Å². The van der Waals surface area contributed by atoms with Crippen LogP contribution in [0, 0.1) is 18.8 Å². The Balaban J connectivity index is 0.00000115. The first-order chi connectivity index (χ1) is 29.7. The molecule has 0 bridgehead atoms. The highest BCUT2D eigenvalue weighted by molar-refractivity contribution is 5.99. The molecular formula is C45H58F3N7O8. The summed E-state index contributed by atoms with van der Waals surface area (Å²) in [5, 5.41) is 24.8. The van der Waals surface area contributed by atoms with Gasteiger partial charge in [-0.05, 0) is 125 Å². The summed E-state index contributed by atoms with van der Waals surface area (Å²) in [5.41, 5.74) is 4.62. The molecule has 1 aliphatic carbocycles. The zero-order valence-electron chi connectivity index (χ0n) is 36.5. The van der Waals surface area contributed by atoms with Crippen LogP contribution in [0.25, 0.3) is 22.0 Å². The molecule has 1 aromatic heterocycles. The minimum atomic E-state index is -5.08. The number of halogens is 3. The first-order valence-corrected chi connectivity index (χ1v) is 21.0. The van der Waals surface area contributed by atoms with E-state index in [0.29, 0.717) is 48.1 Å². The highest BCUT2D eigenvalue weighted by atomic mass is 19.4. The Kier molecular flexibility index (Phi) is 17.5. The second-order valence-electron chi connectivity index (χ2n) is 16.5. The largest absolute Gasteiger partial charge is 0.490 e. The van der Waals surface area contributed by atoms with E-state index in [4.69, 9.17) is 14.6 Å². The van der Waals surface area contributed by atoms with Crippen LogP contribution < -0.4 is 26.8 Å². The van der Waals surface area contributed by atoms with E-state index in [9.17, 15) is 37.1 Å². The van der Waals surface area contributed by atoms with Crippen molar-refractivity contribution < 1.29 is 47.0 Å². The average Bonchev–Trinajstić information content (AvgIpc) is 3.60. The number of nitrogens with one attached hydrogen (secondary N) is 6. The number of carboxylic acids is 1. The summed E-state index contributed by atoms with van der Waals surface area (Å²) >= 11 is 0. The van der Waals surface area contributed by atoms with Gasteiger partial charge in [0, 0.05) is 43.2 Å². The van der Waals surface area contributed by atoms with Crippen molar-refractivity contribution in [3.63, 3.8) is 0 Å². The van der Waals surface area contributed by atoms with Gasteiger partial charge in [0.15, 0.2) is 0 Å². The third kappa shape index (κ3) is 15.3. The van der Waals surface area contributed by atoms with Crippen LogP contribution in [0.5, 0.6) is 0 Å². The zero-order valence-corrected chi connectivity index (χ0v) is 36.5. The number of aliphatic carboxylic acids is 1. The number of ether oxygens (including phenoxy) is 1. The minimum Gasteiger partial charge on any atom is -0.475 e. The topological polar surface area (TPSA) is 215 Å². The molecule has 0 aliphatic heterocycles. The van der Waals surface area contributed by atoms with E-state index in [2.05, 4.69) is 50.2 Å². The molecule has 4 amide bonds. The molecule has 0 radical (unpaired) electrons. The number of likely N-dealkylation sites (N-methyl/N-ethyl adjacent to an activating group) is 1. The van der Waals surface area contributed by atoms with Gasteiger partial charge in [0.25, 0.3) is 11.5 Å². The molecule has 1 saturated carbocycles. The molecule has 3 aromatic carbocycles. The third-order valence-electron chi connectivity index (χ3n) is 10.7. The number of aromatic nitrogens is 2. The molecule has 0 saturated heterocycles. The maximum Gasteiger partial charge on any atom is 0.490 e. The lowest BCUT2D eigenvalue weighted by Gasteiger charge is -2.29. The Hall–Kier alpha value is -6.17. The van der Waals surface area contributed by atoms with Gasteiger partial charge >= 0.3 is 18.2 Å². The van der Waals surface area contributed by atoms with Gasteiger partial charge in [0.05, 0.1) is 10.9 Å². The second kappa shape index (κ2) is 22.3. The normalized spacial score (nSPS) is 15.7. The van der Waals surface area contributed by atoms with E-state index in [1.807, 2.05) is 70.2 Å². The monoisotopic (exact) mass is 881 g/mol. The third-order valence-corrected chi connectivity index (χ3v) is 10.7. The Bertz CT molecular complexity index is 2260. The summed E-state index contributed by atoms with van der Waals surface area (Å²) in [7, 11) is 0. The number of alkyl halides is 3. The fourth-order valence-corrected chi connectivity index (χ4v) is 7.17. The van der Waals surface area contributed by atoms with Crippen LogP contribution in [0.4, 0.5) is 23.7 Å². The first-order valence-electron chi connectivity index (χ1n) is 21.0. The molecule has 1 aliphatic rings. The average molecular weight is 882 g/mol. The maximum atomic E-state index is 13.8. The number of carbonyl (C=O) groups excluding carboxylic acids is 4. The van der Waals surface area contributed by atoms with Crippen LogP contribution in [0.3, 0.4) is 0 Å². The van der Waals surface area contributed by atoms with Gasteiger partial charge in [-0.3, -0.25) is 29.4 Å². The lowest BCUT2D eigenvalue weighted by atomic mass is 9.81. The van der Waals surface area contributed by atoms with E-state index in [1.54, 1.807) is 18.2 Å². The number of rotatable bonds is 15. The van der Waals surface area contributed by atoms with E-state index in [-0.39, 0.29) is 41.5 Å². The molecule has 342 valence electrons. The van der Waals surface area contributed by atoms with Crippen molar-refractivity contribution >= 4 is 46.4 Å². The van der Waals surface area contributed by atoms with Crippen molar-refractivity contribution in [2.45, 2.75) is 91.5 Å². The van der Waals surface area contributed by atoms with Crippen molar-refractivity contribution in [2.24, 2.45) is 11.8 Å². The number of hydrogen-bond donors (Lipinski definition) is 7. The molecule has 15 nitrogen and oxygen atoms in total. The fraction of sp³-hybridized carbons (Fsp3) is 0.467. The van der Waals surface area contributed by atoms with Gasteiger partial charge in [-0.2, -0.15) is 13.2 Å². The SMILES string of the molecule is CCN(CC)CCNC(=O)c1ccc(-c2ccc(C[C@H](NC(=O)C3CCC(CNC(=O)OC(C)(C)C)CC3)C(=O)Nc3ccc4c(=O)[nH][nH]c4c3)cc2)c(C)c1.O=C(O)C(F)(F)F. The van der Waals surface area contributed by atoms with E-state index in [0.717, 1.165) is 54.7 Å². The first kappa shape index (κ1) is 49.5. The van der Waals surface area contributed by atoms with Crippen LogP contribution in [-0.4, -0.2) is 101 Å². The zero-order chi connectivity index (χ0) is 46.5. The number of amides is 4. The lowest BCUT2D eigenvalue weighted by Crippen LogP contribution is -2.48. The van der Waals surface area contributed by atoms with Crippen molar-refractivity contribution in [3.05, 3.63) is 87.7 Å². The molecule has 0 spiro atoms. The standard InChI is InChI=1S/C43H57N7O6.C2HF3O2/c1-7-50(8-2)22-21-44-38(51)32-17-19-34(27(3)23-32)30-13-9-28(10-14-30)24-37(41(54)46-33-18-20-35-36(25-33)48-49-40(35)53)47-39(52)31-15-11-29(12-16-31)26-45-42(55)56-43(4,5)6;3-2(4,5)1(6)7/h9-10,13-14,17-20,23,25,29,31,37H,7-8,11-12,15-16,21-22,24,26H2,1-6H3,(H,44,51)(H,45,55)(H,46,54)(H,47,52)(H2,48,49,53);(H,6,7)/t29?,31?,37-;/m0./s1. The quantitative estimate of drug-likeness (QED) is 0.0690. The Morgan fingerprint density at radius 1 is 0.889 bits per heavy atom. The molecule has 5 rings (SSSR count). The van der Waals surface area contributed by atoms with Gasteiger partial charge in [-0.1, -0.05) is 44.2 Å². The van der Waals surface area contributed by atoms with Crippen molar-refractivity contribution in [2.75, 3.05) is 38.0 Å². The molecule has 1 fully saturated rings. The van der Waals surface area contributed by atoms with Crippen molar-refractivity contribution in [3.8, 4) is 11.1 Å². The molecule has 1 heterocycles. The summed E-state index contributed by atoms with van der Waals surface area (Å²) in [5.74, 6) is -3.44. The van der Waals surface area contributed by atoms with Crippen LogP contribution in [-0.2, 0) is 25.5 Å². The summed E-state index contributed by atoms with van der Waals surface area (Å²) in [6.45, 7) is 15.4. The van der Waals surface area contributed by atoms with Gasteiger partial charge in [0.1, 0.15) is 11.6 Å². The van der Waals surface area contributed by atoms with Crippen LogP contribution in [0.15, 0.2) is 65.5 Å². The molecule has 0 unspecified atom stereocenters. The number of H-pyrrole nitrogens is 2. The maximum absolute atomic E-state index is 13.8. The summed E-state index contributed by atoms with van der Waals surface area (Å²) in [6, 6.07) is 17.7.